The van der Waals surface area contributed by atoms with Gasteiger partial charge in [-0.25, -0.2) is 4.98 Å². The molecule has 4 heterocycles. The zero-order chi connectivity index (χ0) is 17.6. The van der Waals surface area contributed by atoms with Crippen molar-refractivity contribution in [2.24, 2.45) is 0 Å². The first-order chi connectivity index (χ1) is 12.1. The van der Waals surface area contributed by atoms with Crippen LogP contribution in [-0.4, -0.2) is 64.7 Å². The van der Waals surface area contributed by atoms with Crippen LogP contribution in [0, 0.1) is 0 Å². The highest BCUT2D eigenvalue weighted by Gasteiger charge is 2.44. The first-order valence-electron chi connectivity index (χ1n) is 7.61. The fourth-order valence-corrected chi connectivity index (χ4v) is 2.85. The molecular formula is C14H17N7O4. The van der Waals surface area contributed by atoms with Crippen molar-refractivity contribution < 1.29 is 20.1 Å². The topological polar surface area (TPSA) is 167 Å². The summed E-state index contributed by atoms with van der Waals surface area (Å²) in [6, 6.07) is 1.81. The molecule has 132 valence electrons. The van der Waals surface area contributed by atoms with Gasteiger partial charge in [0.05, 0.1) is 18.6 Å². The van der Waals surface area contributed by atoms with E-state index in [4.69, 9.17) is 10.5 Å². The summed E-state index contributed by atoms with van der Waals surface area (Å²) in [5.41, 5.74) is 7.32. The third-order valence-electron chi connectivity index (χ3n) is 4.09. The standard InChI is InChI=1S/C14H17N7O4/c15-14-19-11(18-6-1-2-16-3-6)8-12(20-14)21(5-17-8)13-10(24)9(23)7(4-22)25-13/h1-3,5,7,9-10,13,16,22-24H,4H2,(H3,15,18,19,20)/t7-,9+,10+,13-/m1/s1. The van der Waals surface area contributed by atoms with Crippen molar-refractivity contribution in [3.8, 4) is 0 Å². The minimum absolute atomic E-state index is 0.0130. The van der Waals surface area contributed by atoms with Gasteiger partial charge < -0.3 is 36.1 Å². The van der Waals surface area contributed by atoms with Gasteiger partial charge in [-0.2, -0.15) is 9.97 Å². The summed E-state index contributed by atoms with van der Waals surface area (Å²) in [5, 5.41) is 32.5. The second-order valence-corrected chi connectivity index (χ2v) is 5.71. The molecule has 1 aliphatic rings. The molecule has 0 saturated carbocycles. The van der Waals surface area contributed by atoms with Gasteiger partial charge in [-0.05, 0) is 6.07 Å². The monoisotopic (exact) mass is 347 g/mol. The molecular weight excluding hydrogens is 330 g/mol. The normalized spacial score (nSPS) is 26.4. The Morgan fingerprint density at radius 3 is 2.84 bits per heavy atom. The Hall–Kier alpha value is -2.73. The number of nitrogen functional groups attached to an aromatic ring is 1. The molecule has 4 atom stereocenters. The molecule has 1 fully saturated rings. The SMILES string of the molecule is Nc1nc(Nc2cc[nH]c2)c2ncn([C@@H]3O[C@H](CO)[C@H](O)[C@@H]3O)c2n1. The summed E-state index contributed by atoms with van der Waals surface area (Å²) in [6.07, 6.45) is 0.604. The molecule has 4 rings (SSSR count). The van der Waals surface area contributed by atoms with E-state index >= 15 is 0 Å². The van der Waals surface area contributed by atoms with Gasteiger partial charge in [0.2, 0.25) is 5.95 Å². The van der Waals surface area contributed by atoms with E-state index in [2.05, 4.69) is 25.3 Å². The summed E-state index contributed by atoms with van der Waals surface area (Å²) in [6.45, 7) is -0.418. The van der Waals surface area contributed by atoms with E-state index in [1.807, 2.05) is 6.07 Å². The average molecular weight is 347 g/mol. The molecule has 0 spiro atoms. The van der Waals surface area contributed by atoms with E-state index in [-0.39, 0.29) is 5.95 Å². The number of nitrogens with one attached hydrogen (secondary N) is 2. The van der Waals surface area contributed by atoms with Crippen LogP contribution in [0.15, 0.2) is 24.8 Å². The first kappa shape index (κ1) is 15.8. The molecule has 3 aromatic rings. The third kappa shape index (κ3) is 2.59. The Bertz CT molecular complexity index is 881. The minimum Gasteiger partial charge on any atom is -0.394 e. The Morgan fingerprint density at radius 2 is 2.16 bits per heavy atom. The van der Waals surface area contributed by atoms with Gasteiger partial charge in [-0.15, -0.1) is 0 Å². The predicted octanol–water partition coefficient (Wildman–Crippen LogP) is -0.908. The zero-order valence-electron chi connectivity index (χ0n) is 12.9. The van der Waals surface area contributed by atoms with Crippen molar-refractivity contribution >= 4 is 28.6 Å². The van der Waals surface area contributed by atoms with Crippen LogP contribution in [-0.2, 0) is 4.74 Å². The van der Waals surface area contributed by atoms with Crippen molar-refractivity contribution in [3.63, 3.8) is 0 Å². The van der Waals surface area contributed by atoms with E-state index in [0.717, 1.165) is 5.69 Å². The first-order valence-corrected chi connectivity index (χ1v) is 7.61. The third-order valence-corrected chi connectivity index (χ3v) is 4.09. The fraction of sp³-hybridized carbons (Fsp3) is 0.357. The maximum atomic E-state index is 10.2. The number of hydrogen-bond donors (Lipinski definition) is 6. The van der Waals surface area contributed by atoms with Crippen LogP contribution in [0.2, 0.25) is 0 Å². The number of aliphatic hydroxyl groups is 3. The maximum Gasteiger partial charge on any atom is 0.224 e. The van der Waals surface area contributed by atoms with Crippen LogP contribution in [0.1, 0.15) is 6.23 Å². The molecule has 0 unspecified atom stereocenters. The molecule has 0 aliphatic carbocycles. The number of nitrogens with zero attached hydrogens (tertiary/aromatic N) is 4. The second-order valence-electron chi connectivity index (χ2n) is 5.71. The zero-order valence-corrected chi connectivity index (χ0v) is 12.9. The molecule has 0 aromatic carbocycles. The summed E-state index contributed by atoms with van der Waals surface area (Å²) >= 11 is 0. The number of hydrogen-bond acceptors (Lipinski definition) is 9. The maximum absolute atomic E-state index is 10.2. The molecule has 0 radical (unpaired) electrons. The lowest BCUT2D eigenvalue weighted by Gasteiger charge is -2.16. The van der Waals surface area contributed by atoms with E-state index in [0.29, 0.717) is 17.0 Å². The summed E-state index contributed by atoms with van der Waals surface area (Å²) in [7, 11) is 0. The van der Waals surface area contributed by atoms with Crippen LogP contribution < -0.4 is 11.1 Å². The summed E-state index contributed by atoms with van der Waals surface area (Å²) in [4.78, 5) is 15.5. The van der Waals surface area contributed by atoms with Crippen molar-refractivity contribution in [2.45, 2.75) is 24.5 Å². The number of H-pyrrole nitrogens is 1. The number of fused-ring (bicyclic) bond motifs is 1. The van der Waals surface area contributed by atoms with Crippen molar-refractivity contribution in [1.29, 1.82) is 0 Å². The minimum atomic E-state index is -1.24. The number of ether oxygens (including phenoxy) is 1. The summed E-state index contributed by atoms with van der Waals surface area (Å²) < 4.78 is 6.98. The van der Waals surface area contributed by atoms with Crippen LogP contribution >= 0.6 is 0 Å². The fourth-order valence-electron chi connectivity index (χ4n) is 2.85. The number of nitrogens with two attached hydrogens (primary N) is 1. The predicted molar refractivity (Wildman–Crippen MR) is 86.8 cm³/mol. The number of aromatic amines is 1. The van der Waals surface area contributed by atoms with Crippen LogP contribution in [0.4, 0.5) is 17.5 Å². The average Bonchev–Trinajstić information content (AvgIpc) is 3.29. The number of aliphatic hydroxyl groups excluding tert-OH is 3. The molecule has 11 heteroatoms. The lowest BCUT2D eigenvalue weighted by atomic mass is 10.1. The van der Waals surface area contributed by atoms with E-state index < -0.39 is 31.1 Å². The molecule has 1 aliphatic heterocycles. The molecule has 3 aromatic heterocycles. The van der Waals surface area contributed by atoms with E-state index in [9.17, 15) is 15.3 Å². The van der Waals surface area contributed by atoms with Gasteiger partial charge in [-0.1, -0.05) is 0 Å². The van der Waals surface area contributed by atoms with Crippen LogP contribution in [0.5, 0.6) is 0 Å². The highest BCUT2D eigenvalue weighted by Crippen LogP contribution is 2.33. The van der Waals surface area contributed by atoms with Gasteiger partial charge in [0.25, 0.3) is 0 Å². The summed E-state index contributed by atoms with van der Waals surface area (Å²) in [5.74, 6) is 0.409. The lowest BCUT2D eigenvalue weighted by molar-refractivity contribution is -0.0511. The lowest BCUT2D eigenvalue weighted by Crippen LogP contribution is -2.33. The van der Waals surface area contributed by atoms with E-state index in [1.165, 1.54) is 10.9 Å². The van der Waals surface area contributed by atoms with Crippen molar-refractivity contribution in [2.75, 3.05) is 17.7 Å². The highest BCUT2D eigenvalue weighted by molar-refractivity contribution is 5.86. The Balaban J connectivity index is 1.76. The number of imidazole rings is 1. The highest BCUT2D eigenvalue weighted by atomic mass is 16.6. The van der Waals surface area contributed by atoms with Gasteiger partial charge in [-0.3, -0.25) is 4.57 Å². The Morgan fingerprint density at radius 1 is 1.32 bits per heavy atom. The largest absolute Gasteiger partial charge is 0.394 e. The van der Waals surface area contributed by atoms with Gasteiger partial charge in [0.1, 0.15) is 18.3 Å². The van der Waals surface area contributed by atoms with Gasteiger partial charge in [0.15, 0.2) is 23.2 Å². The Labute approximate surface area is 141 Å². The molecule has 1 saturated heterocycles. The number of anilines is 3. The van der Waals surface area contributed by atoms with Gasteiger partial charge >= 0.3 is 0 Å². The molecule has 0 bridgehead atoms. The van der Waals surface area contributed by atoms with Crippen LogP contribution in [0.25, 0.3) is 11.2 Å². The second kappa shape index (κ2) is 5.97. The van der Waals surface area contributed by atoms with E-state index in [1.54, 1.807) is 12.4 Å². The van der Waals surface area contributed by atoms with Crippen molar-refractivity contribution in [3.05, 3.63) is 24.8 Å². The molecule has 11 nitrogen and oxygen atoms in total. The molecule has 0 amide bonds. The quantitative estimate of drug-likeness (QED) is 0.350. The number of aromatic nitrogens is 5. The van der Waals surface area contributed by atoms with Gasteiger partial charge in [0, 0.05) is 12.4 Å². The Kier molecular flexibility index (Phi) is 3.77. The van der Waals surface area contributed by atoms with Crippen LogP contribution in [0.3, 0.4) is 0 Å². The molecule has 7 N–H and O–H groups in total. The molecule has 25 heavy (non-hydrogen) atoms. The smallest absolute Gasteiger partial charge is 0.224 e. The van der Waals surface area contributed by atoms with Crippen molar-refractivity contribution in [1.82, 2.24) is 24.5 Å². The number of rotatable bonds is 4.